The van der Waals surface area contributed by atoms with Gasteiger partial charge in [0.25, 0.3) is 6.33 Å². The minimum atomic E-state index is -0.154. The molecule has 130 valence electrons. The first kappa shape index (κ1) is 17.5. The van der Waals surface area contributed by atoms with Gasteiger partial charge in [0.15, 0.2) is 5.52 Å². The van der Waals surface area contributed by atoms with Gasteiger partial charge in [-0.2, -0.15) is 0 Å². The Morgan fingerprint density at radius 3 is 2.44 bits per heavy atom. The monoisotopic (exact) mass is 337 g/mol. The molecule has 0 bridgehead atoms. The molecule has 1 heterocycles. The average Bonchev–Trinajstić information content (AvgIpc) is 2.60. The standard InChI is InChI=1S/C22H26FN2/c1-6-16(7-2)17-8-9-18-21(12-17)24-13-25(5)22(18)19-10-15(4)20(23)11-14(19)3/h8-13,16H,6-7H2,1-5H3/q+1. The summed E-state index contributed by atoms with van der Waals surface area (Å²) in [7, 11) is 1.99. The van der Waals surface area contributed by atoms with Crippen molar-refractivity contribution < 1.29 is 8.96 Å². The second-order valence-electron chi connectivity index (χ2n) is 6.91. The van der Waals surface area contributed by atoms with E-state index in [0.717, 1.165) is 40.6 Å². The average molecular weight is 337 g/mol. The molecule has 3 heteroatoms. The van der Waals surface area contributed by atoms with E-state index in [4.69, 9.17) is 0 Å². The molecule has 0 amide bonds. The van der Waals surface area contributed by atoms with Crippen LogP contribution in [0.4, 0.5) is 4.39 Å². The molecule has 0 aliphatic rings. The quantitative estimate of drug-likeness (QED) is 0.584. The van der Waals surface area contributed by atoms with Crippen molar-refractivity contribution in [3.8, 4) is 11.3 Å². The van der Waals surface area contributed by atoms with Crippen LogP contribution >= 0.6 is 0 Å². The van der Waals surface area contributed by atoms with E-state index in [0.29, 0.717) is 11.5 Å². The van der Waals surface area contributed by atoms with Gasteiger partial charge in [-0.3, -0.25) is 0 Å². The highest BCUT2D eigenvalue weighted by molar-refractivity contribution is 5.91. The first-order valence-electron chi connectivity index (χ1n) is 9.01. The maximum atomic E-state index is 13.9. The van der Waals surface area contributed by atoms with Crippen LogP contribution in [0.5, 0.6) is 0 Å². The van der Waals surface area contributed by atoms with E-state index < -0.39 is 0 Å². The van der Waals surface area contributed by atoms with E-state index in [9.17, 15) is 4.39 Å². The molecular formula is C22H26FN2+. The molecule has 0 spiro atoms. The lowest BCUT2D eigenvalue weighted by Gasteiger charge is -2.14. The molecule has 0 aliphatic heterocycles. The van der Waals surface area contributed by atoms with Crippen LogP contribution in [0, 0.1) is 19.7 Å². The van der Waals surface area contributed by atoms with E-state index in [1.807, 2.05) is 37.9 Å². The fourth-order valence-corrected chi connectivity index (χ4v) is 3.64. The number of benzene rings is 2. The Bertz CT molecular complexity index is 927. The summed E-state index contributed by atoms with van der Waals surface area (Å²) in [6.45, 7) is 8.23. The van der Waals surface area contributed by atoms with Crippen molar-refractivity contribution in [2.24, 2.45) is 7.05 Å². The molecule has 0 saturated carbocycles. The van der Waals surface area contributed by atoms with Crippen LogP contribution in [0.15, 0.2) is 36.7 Å². The number of nitrogens with zero attached hydrogens (tertiary/aromatic N) is 2. The largest absolute Gasteiger partial charge is 0.287 e. The molecule has 0 N–H and O–H groups in total. The van der Waals surface area contributed by atoms with Crippen LogP contribution in [0.25, 0.3) is 22.2 Å². The van der Waals surface area contributed by atoms with Crippen molar-refractivity contribution in [2.45, 2.75) is 46.5 Å². The third-order valence-electron chi connectivity index (χ3n) is 5.22. The SMILES string of the molecule is CCC(CC)c1ccc2c(-c3cc(C)c(F)cc3C)[n+](C)cnc2c1. The number of aryl methyl sites for hydroxylation is 3. The zero-order chi connectivity index (χ0) is 18.1. The molecule has 0 atom stereocenters. The Hall–Kier alpha value is -2.29. The minimum absolute atomic E-state index is 0.154. The third-order valence-corrected chi connectivity index (χ3v) is 5.22. The molecule has 2 aromatic carbocycles. The predicted molar refractivity (Wildman–Crippen MR) is 101 cm³/mol. The highest BCUT2D eigenvalue weighted by atomic mass is 19.1. The number of fused-ring (bicyclic) bond motifs is 1. The van der Waals surface area contributed by atoms with Gasteiger partial charge in [-0.25, -0.2) is 8.96 Å². The van der Waals surface area contributed by atoms with Crippen molar-refractivity contribution in [3.05, 3.63) is 59.2 Å². The van der Waals surface area contributed by atoms with Gasteiger partial charge in [0, 0.05) is 5.56 Å². The fourth-order valence-electron chi connectivity index (χ4n) is 3.64. The van der Waals surface area contributed by atoms with Gasteiger partial charge in [0.05, 0.1) is 12.4 Å². The first-order chi connectivity index (χ1) is 12.0. The van der Waals surface area contributed by atoms with Crippen molar-refractivity contribution in [1.29, 1.82) is 0 Å². The van der Waals surface area contributed by atoms with E-state index in [-0.39, 0.29) is 5.82 Å². The Labute approximate surface area is 149 Å². The van der Waals surface area contributed by atoms with Crippen LogP contribution in [0.3, 0.4) is 0 Å². The molecule has 3 rings (SSSR count). The molecule has 25 heavy (non-hydrogen) atoms. The van der Waals surface area contributed by atoms with Crippen molar-refractivity contribution in [2.75, 3.05) is 0 Å². The van der Waals surface area contributed by atoms with E-state index in [1.165, 1.54) is 5.56 Å². The summed E-state index contributed by atoms with van der Waals surface area (Å²) in [5.74, 6) is 0.414. The molecule has 0 unspecified atom stereocenters. The zero-order valence-corrected chi connectivity index (χ0v) is 15.7. The predicted octanol–water partition coefficient (Wildman–Crippen LogP) is 5.39. The van der Waals surface area contributed by atoms with E-state index in [2.05, 4.69) is 37.0 Å². The second kappa shape index (κ2) is 6.91. The van der Waals surface area contributed by atoms with Gasteiger partial charge in [-0.15, -0.1) is 0 Å². The summed E-state index contributed by atoms with van der Waals surface area (Å²) in [5.41, 5.74) is 6.09. The Morgan fingerprint density at radius 2 is 1.76 bits per heavy atom. The summed E-state index contributed by atoms with van der Waals surface area (Å²) in [4.78, 5) is 4.64. The Kier molecular flexibility index (Phi) is 4.85. The van der Waals surface area contributed by atoms with Crippen LogP contribution in [-0.2, 0) is 7.05 Å². The molecule has 3 aromatic rings. The number of halogens is 1. The summed E-state index contributed by atoms with van der Waals surface area (Å²) in [6.07, 6.45) is 4.12. The number of aromatic nitrogens is 2. The maximum absolute atomic E-state index is 13.9. The fraction of sp³-hybridized carbons (Fsp3) is 0.364. The highest BCUT2D eigenvalue weighted by Gasteiger charge is 2.19. The summed E-state index contributed by atoms with van der Waals surface area (Å²) < 4.78 is 15.9. The van der Waals surface area contributed by atoms with Crippen molar-refractivity contribution in [3.63, 3.8) is 0 Å². The van der Waals surface area contributed by atoms with Crippen LogP contribution in [0.2, 0.25) is 0 Å². The van der Waals surface area contributed by atoms with Crippen LogP contribution < -0.4 is 4.57 Å². The molecule has 0 aliphatic carbocycles. The van der Waals surface area contributed by atoms with E-state index >= 15 is 0 Å². The zero-order valence-electron chi connectivity index (χ0n) is 15.7. The van der Waals surface area contributed by atoms with Gasteiger partial charge in [-0.1, -0.05) is 19.9 Å². The Morgan fingerprint density at radius 1 is 1.04 bits per heavy atom. The van der Waals surface area contributed by atoms with Gasteiger partial charge in [0.2, 0.25) is 0 Å². The molecule has 2 nitrogen and oxygen atoms in total. The molecule has 0 saturated heterocycles. The van der Waals surface area contributed by atoms with Crippen molar-refractivity contribution in [1.82, 2.24) is 4.98 Å². The first-order valence-corrected chi connectivity index (χ1v) is 9.01. The minimum Gasteiger partial charge on any atom is -0.232 e. The Balaban J connectivity index is 2.25. The normalized spacial score (nSPS) is 11.5. The molecule has 0 radical (unpaired) electrons. The number of hydrogen-bond donors (Lipinski definition) is 0. The lowest BCUT2D eigenvalue weighted by Crippen LogP contribution is -2.32. The van der Waals surface area contributed by atoms with Gasteiger partial charge in [0.1, 0.15) is 11.5 Å². The lowest BCUT2D eigenvalue weighted by atomic mass is 9.92. The maximum Gasteiger partial charge on any atom is 0.287 e. The second-order valence-corrected chi connectivity index (χ2v) is 6.91. The number of hydrogen-bond acceptors (Lipinski definition) is 1. The summed E-state index contributed by atoms with van der Waals surface area (Å²) >= 11 is 0. The van der Waals surface area contributed by atoms with Gasteiger partial charge in [-0.05, 0) is 78.5 Å². The molecule has 0 fully saturated rings. The van der Waals surface area contributed by atoms with Crippen molar-refractivity contribution >= 4 is 10.9 Å². The lowest BCUT2D eigenvalue weighted by molar-refractivity contribution is -0.662. The topological polar surface area (TPSA) is 16.8 Å². The van der Waals surface area contributed by atoms with Crippen LogP contribution in [0.1, 0.15) is 49.3 Å². The van der Waals surface area contributed by atoms with Gasteiger partial charge < -0.3 is 0 Å². The van der Waals surface area contributed by atoms with Gasteiger partial charge >= 0.3 is 0 Å². The highest BCUT2D eigenvalue weighted by Crippen LogP contribution is 2.31. The third kappa shape index (κ3) is 3.15. The smallest absolute Gasteiger partial charge is 0.232 e. The van der Waals surface area contributed by atoms with Crippen LogP contribution in [-0.4, -0.2) is 4.98 Å². The molecular weight excluding hydrogens is 311 g/mol. The summed E-state index contributed by atoms with van der Waals surface area (Å²) in [6, 6.07) is 10.2. The van der Waals surface area contributed by atoms with E-state index in [1.54, 1.807) is 6.07 Å². The molecule has 1 aromatic heterocycles. The number of rotatable bonds is 4. The summed E-state index contributed by atoms with van der Waals surface area (Å²) in [5, 5.41) is 1.11.